The van der Waals surface area contributed by atoms with Crippen molar-refractivity contribution in [3.8, 4) is 34.3 Å². The SMILES string of the molecule is COc1ccc(-c2oc3c(CC=C(C)C)c(O)cc(O)c3c(=O)c2O[C@@H]2O[C@H](C)[C@H](O[C@@H]3O[C@H](CO)[C@@H](O)[C@@H](O)[C@H]3O)[C@@H](O)[C@H]2O)cc1. The summed E-state index contributed by atoms with van der Waals surface area (Å²) in [7, 11) is 1.48. The lowest BCUT2D eigenvalue weighted by atomic mass is 9.97. The maximum Gasteiger partial charge on any atom is 0.239 e. The van der Waals surface area contributed by atoms with Gasteiger partial charge in [0.15, 0.2) is 12.1 Å². The minimum atomic E-state index is -1.88. The first-order valence-corrected chi connectivity index (χ1v) is 15.2. The highest BCUT2D eigenvalue weighted by Crippen LogP contribution is 2.40. The number of methoxy groups -OCH3 is 1. The van der Waals surface area contributed by atoms with Crippen molar-refractivity contribution < 1.29 is 69.0 Å². The predicted molar refractivity (Wildman–Crippen MR) is 167 cm³/mol. The minimum Gasteiger partial charge on any atom is -0.507 e. The fraction of sp³-hybridized carbons (Fsp3) is 0.485. The zero-order valence-corrected chi connectivity index (χ0v) is 26.6. The Morgan fingerprint density at radius 3 is 2.19 bits per heavy atom. The smallest absolute Gasteiger partial charge is 0.239 e. The van der Waals surface area contributed by atoms with Gasteiger partial charge in [-0.15, -0.1) is 0 Å². The summed E-state index contributed by atoms with van der Waals surface area (Å²) in [6.07, 6.45) is -14.0. The van der Waals surface area contributed by atoms with E-state index >= 15 is 0 Å². The lowest BCUT2D eigenvalue weighted by molar-refractivity contribution is -0.348. The highest BCUT2D eigenvalue weighted by molar-refractivity contribution is 5.91. The molecule has 0 saturated carbocycles. The largest absolute Gasteiger partial charge is 0.507 e. The Morgan fingerprint density at radius 1 is 0.896 bits per heavy atom. The van der Waals surface area contributed by atoms with Crippen LogP contribution in [-0.4, -0.2) is 116 Å². The molecule has 1 aromatic heterocycles. The molecule has 0 unspecified atom stereocenters. The van der Waals surface area contributed by atoms with Gasteiger partial charge in [-0.05, 0) is 51.5 Å². The predicted octanol–water partition coefficient (Wildman–Crippen LogP) is 0.419. The maximum atomic E-state index is 14.1. The summed E-state index contributed by atoms with van der Waals surface area (Å²) < 4.78 is 34.3. The van der Waals surface area contributed by atoms with Crippen molar-refractivity contribution in [2.45, 2.75) is 88.6 Å². The van der Waals surface area contributed by atoms with Crippen LogP contribution in [0.3, 0.4) is 0 Å². The fourth-order valence-corrected chi connectivity index (χ4v) is 5.65. The zero-order chi connectivity index (χ0) is 35.0. The quantitative estimate of drug-likeness (QED) is 0.143. The van der Waals surface area contributed by atoms with Gasteiger partial charge in [0.05, 0.1) is 19.8 Å². The average molecular weight is 677 g/mol. The second-order valence-corrected chi connectivity index (χ2v) is 12.0. The highest BCUT2D eigenvalue weighted by atomic mass is 16.7. The third-order valence-corrected chi connectivity index (χ3v) is 8.40. The van der Waals surface area contributed by atoms with Gasteiger partial charge in [0, 0.05) is 17.2 Å². The molecule has 15 heteroatoms. The molecule has 0 spiro atoms. The number of hydrogen-bond donors (Lipinski definition) is 8. The van der Waals surface area contributed by atoms with Crippen LogP contribution in [0.25, 0.3) is 22.3 Å². The van der Waals surface area contributed by atoms with Gasteiger partial charge >= 0.3 is 0 Å². The number of aromatic hydroxyl groups is 2. The number of rotatable bonds is 9. The van der Waals surface area contributed by atoms with E-state index < -0.39 is 84.9 Å². The van der Waals surface area contributed by atoms with E-state index in [0.29, 0.717) is 11.3 Å². The van der Waals surface area contributed by atoms with Crippen LogP contribution in [0.5, 0.6) is 23.0 Å². The van der Waals surface area contributed by atoms with Gasteiger partial charge in [-0.1, -0.05) is 11.6 Å². The van der Waals surface area contributed by atoms with Gasteiger partial charge in [-0.2, -0.15) is 0 Å². The molecule has 3 aromatic rings. The van der Waals surface area contributed by atoms with Crippen molar-refractivity contribution in [2.24, 2.45) is 0 Å². The molecule has 0 bridgehead atoms. The van der Waals surface area contributed by atoms with Crippen LogP contribution in [0.15, 0.2) is 51.2 Å². The molecular weight excluding hydrogens is 636 g/mol. The molecule has 10 atom stereocenters. The summed E-state index contributed by atoms with van der Waals surface area (Å²) in [5, 5.41) is 83.5. The van der Waals surface area contributed by atoms with Crippen molar-refractivity contribution in [1.82, 2.24) is 0 Å². The first kappa shape index (κ1) is 35.5. The topological polar surface area (TPSA) is 238 Å². The number of aliphatic hydroxyl groups is 6. The molecule has 0 amide bonds. The zero-order valence-electron chi connectivity index (χ0n) is 26.6. The van der Waals surface area contributed by atoms with E-state index in [2.05, 4.69) is 0 Å². The van der Waals surface area contributed by atoms with Crippen LogP contribution in [0.2, 0.25) is 0 Å². The number of phenolic OH excluding ortho intramolecular Hbond substituents is 2. The first-order valence-electron chi connectivity index (χ1n) is 15.2. The Labute approximate surface area is 274 Å². The third-order valence-electron chi connectivity index (χ3n) is 8.40. The average Bonchev–Trinajstić information content (AvgIpc) is 3.05. The van der Waals surface area contributed by atoms with Gasteiger partial charge in [0.25, 0.3) is 0 Å². The molecule has 5 rings (SSSR count). The van der Waals surface area contributed by atoms with Crippen molar-refractivity contribution in [3.63, 3.8) is 0 Å². The van der Waals surface area contributed by atoms with Gasteiger partial charge in [-0.3, -0.25) is 4.79 Å². The van der Waals surface area contributed by atoms with E-state index in [1.807, 2.05) is 13.8 Å². The minimum absolute atomic E-state index is 0.0975. The van der Waals surface area contributed by atoms with Crippen LogP contribution in [0.4, 0.5) is 0 Å². The molecule has 0 radical (unpaired) electrons. The third kappa shape index (κ3) is 6.74. The van der Waals surface area contributed by atoms with Crippen LogP contribution < -0.4 is 14.9 Å². The summed E-state index contributed by atoms with van der Waals surface area (Å²) in [5.74, 6) is -1.02. The molecule has 0 aliphatic carbocycles. The van der Waals surface area contributed by atoms with Gasteiger partial charge in [0.2, 0.25) is 17.5 Å². The number of allylic oxidation sites excluding steroid dienone is 2. The number of phenols is 2. The van der Waals surface area contributed by atoms with Crippen molar-refractivity contribution in [1.29, 1.82) is 0 Å². The maximum absolute atomic E-state index is 14.1. The van der Waals surface area contributed by atoms with Crippen molar-refractivity contribution >= 4 is 11.0 Å². The lowest BCUT2D eigenvalue weighted by Crippen LogP contribution is -2.64. The lowest BCUT2D eigenvalue weighted by Gasteiger charge is -2.45. The Morgan fingerprint density at radius 2 is 1.56 bits per heavy atom. The molecule has 15 nitrogen and oxygen atoms in total. The summed E-state index contributed by atoms with van der Waals surface area (Å²) in [4.78, 5) is 14.1. The molecular formula is C33H40O15. The molecule has 3 heterocycles. The van der Waals surface area contributed by atoms with E-state index in [1.165, 1.54) is 14.0 Å². The van der Waals surface area contributed by atoms with Crippen LogP contribution >= 0.6 is 0 Å². The van der Waals surface area contributed by atoms with Crippen molar-refractivity contribution in [3.05, 3.63) is 57.8 Å². The van der Waals surface area contributed by atoms with E-state index in [1.54, 1.807) is 30.3 Å². The molecule has 48 heavy (non-hydrogen) atoms. The van der Waals surface area contributed by atoms with Crippen LogP contribution in [0.1, 0.15) is 26.3 Å². The monoisotopic (exact) mass is 676 g/mol. The van der Waals surface area contributed by atoms with Crippen LogP contribution in [-0.2, 0) is 20.6 Å². The normalized spacial score (nSPS) is 30.6. The molecule has 2 saturated heterocycles. The Kier molecular flexibility index (Phi) is 10.6. The van der Waals surface area contributed by atoms with Crippen molar-refractivity contribution in [2.75, 3.05) is 13.7 Å². The molecule has 2 aliphatic heterocycles. The molecule has 8 N–H and O–H groups in total. The number of ether oxygens (including phenoxy) is 5. The second-order valence-electron chi connectivity index (χ2n) is 12.0. The first-order chi connectivity index (χ1) is 22.8. The number of benzene rings is 2. The summed E-state index contributed by atoms with van der Waals surface area (Å²) in [5.41, 5.74) is 0.519. The number of aliphatic hydroxyl groups excluding tert-OH is 6. The Balaban J connectivity index is 1.52. The number of fused-ring (bicyclic) bond motifs is 1. The van der Waals surface area contributed by atoms with E-state index in [9.17, 15) is 45.6 Å². The molecule has 2 fully saturated rings. The summed E-state index contributed by atoms with van der Waals surface area (Å²) in [6.45, 7) is 4.44. The molecule has 2 aromatic carbocycles. The van der Waals surface area contributed by atoms with Crippen LogP contribution in [0, 0.1) is 0 Å². The highest BCUT2D eigenvalue weighted by Gasteiger charge is 2.50. The summed E-state index contributed by atoms with van der Waals surface area (Å²) in [6, 6.07) is 7.38. The van der Waals surface area contributed by atoms with Gasteiger partial charge in [0.1, 0.15) is 70.9 Å². The number of hydrogen-bond acceptors (Lipinski definition) is 15. The Bertz CT molecular complexity index is 1680. The standard InChI is InChI=1S/C33H40O15/c1-13(2)5-10-17-18(35)11-19(36)21-23(38)31(29(46-30(17)21)15-6-8-16(43-4)9-7-15)48-32-27(42)25(40)28(14(3)44-32)47-33-26(41)24(39)22(37)20(12-34)45-33/h5-9,11,14,20,22,24-28,32-37,39-42H,10,12H2,1-4H3/t14-,20-,22-,24-,25+,26-,27-,28+,32+,33+/m1/s1. The fourth-order valence-electron chi connectivity index (χ4n) is 5.65. The summed E-state index contributed by atoms with van der Waals surface area (Å²) >= 11 is 0. The van der Waals surface area contributed by atoms with E-state index in [-0.39, 0.29) is 34.5 Å². The molecule has 262 valence electrons. The van der Waals surface area contributed by atoms with Gasteiger partial charge < -0.3 is 69.0 Å². The molecule has 2 aliphatic rings. The van der Waals surface area contributed by atoms with Gasteiger partial charge in [-0.25, -0.2) is 0 Å². The second kappa shape index (κ2) is 14.4. The van der Waals surface area contributed by atoms with E-state index in [0.717, 1.165) is 11.6 Å². The van der Waals surface area contributed by atoms with E-state index in [4.69, 9.17) is 28.1 Å². The Hall–Kier alpha value is -3.77.